The smallest absolute Gasteiger partial charge is 0.234 e. The Labute approximate surface area is 182 Å². The van der Waals surface area contributed by atoms with Crippen LogP contribution in [0.1, 0.15) is 49.6 Å². The van der Waals surface area contributed by atoms with Crippen molar-refractivity contribution in [2.24, 2.45) is 0 Å². The molecule has 0 spiro atoms. The number of amides is 3. The van der Waals surface area contributed by atoms with Crippen LogP contribution in [0.15, 0.2) is 24.5 Å². The number of carbonyl (C=O) groups excluding carboxylic acids is 3. The van der Waals surface area contributed by atoms with Crippen LogP contribution in [0.5, 0.6) is 0 Å². The number of carbonyl (C=O) groups is 3. The van der Waals surface area contributed by atoms with Gasteiger partial charge in [0, 0.05) is 28.6 Å². The van der Waals surface area contributed by atoms with E-state index in [1.54, 1.807) is 26.0 Å². The summed E-state index contributed by atoms with van der Waals surface area (Å²) in [6.07, 6.45) is 2.54. The number of nitrogens with one attached hydrogen (secondary N) is 2. The van der Waals surface area contributed by atoms with Crippen molar-refractivity contribution in [3.63, 3.8) is 0 Å². The molecule has 7 nitrogen and oxygen atoms in total. The number of hydrogen-bond donors (Lipinski definition) is 2. The minimum absolute atomic E-state index is 0.124. The molecule has 1 aliphatic heterocycles. The summed E-state index contributed by atoms with van der Waals surface area (Å²) in [6.45, 7) is 3.38. The van der Waals surface area contributed by atoms with Crippen molar-refractivity contribution in [1.29, 1.82) is 0 Å². The maximum Gasteiger partial charge on any atom is 0.234 e. The van der Waals surface area contributed by atoms with Gasteiger partial charge < -0.3 is 5.32 Å². The van der Waals surface area contributed by atoms with Crippen LogP contribution in [-0.2, 0) is 26.3 Å². The lowest BCUT2D eigenvalue weighted by atomic mass is 9.89. The first-order valence-corrected chi connectivity index (χ1v) is 9.93. The van der Waals surface area contributed by atoms with E-state index in [0.717, 1.165) is 12.4 Å². The van der Waals surface area contributed by atoms with Crippen molar-refractivity contribution in [2.75, 3.05) is 0 Å². The Balaban J connectivity index is 1.73. The molecule has 0 saturated carbocycles. The van der Waals surface area contributed by atoms with Gasteiger partial charge in [0.15, 0.2) is 5.82 Å². The summed E-state index contributed by atoms with van der Waals surface area (Å²) in [5.41, 5.74) is -0.00260. The van der Waals surface area contributed by atoms with Crippen molar-refractivity contribution in [1.82, 2.24) is 20.6 Å². The lowest BCUT2D eigenvalue weighted by Gasteiger charge is -2.24. The molecular formula is C20H19Cl2FN4O3. The van der Waals surface area contributed by atoms with E-state index >= 15 is 0 Å². The summed E-state index contributed by atoms with van der Waals surface area (Å²) in [4.78, 5) is 43.9. The number of imide groups is 1. The van der Waals surface area contributed by atoms with Crippen molar-refractivity contribution >= 4 is 40.9 Å². The highest BCUT2D eigenvalue weighted by Crippen LogP contribution is 2.37. The van der Waals surface area contributed by atoms with Crippen LogP contribution in [0.25, 0.3) is 0 Å². The quantitative estimate of drug-likeness (QED) is 0.678. The molecule has 1 fully saturated rings. The van der Waals surface area contributed by atoms with Gasteiger partial charge in [0.1, 0.15) is 11.2 Å². The predicted octanol–water partition coefficient (Wildman–Crippen LogP) is 3.04. The summed E-state index contributed by atoms with van der Waals surface area (Å²) in [6, 6.07) is 3.24. The molecule has 2 heterocycles. The molecule has 1 aromatic heterocycles. The predicted molar refractivity (Wildman–Crippen MR) is 108 cm³/mol. The average molecular weight is 453 g/mol. The van der Waals surface area contributed by atoms with Crippen LogP contribution < -0.4 is 10.6 Å². The van der Waals surface area contributed by atoms with Crippen LogP contribution in [0.4, 0.5) is 4.39 Å². The fraction of sp³-hybridized carbons (Fsp3) is 0.350. The molecule has 2 N–H and O–H groups in total. The summed E-state index contributed by atoms with van der Waals surface area (Å²) >= 11 is 12.7. The van der Waals surface area contributed by atoms with Crippen molar-refractivity contribution in [3.05, 3.63) is 57.3 Å². The second-order valence-electron chi connectivity index (χ2n) is 7.51. The molecule has 1 atom stereocenters. The largest absolute Gasteiger partial charge is 0.351 e. The summed E-state index contributed by atoms with van der Waals surface area (Å²) in [7, 11) is 0. The second-order valence-corrected chi connectivity index (χ2v) is 8.32. The van der Waals surface area contributed by atoms with Crippen LogP contribution in [0, 0.1) is 5.82 Å². The third kappa shape index (κ3) is 4.60. The molecule has 2 aromatic rings. The molecule has 0 bridgehead atoms. The molecule has 0 aliphatic carbocycles. The number of benzene rings is 1. The minimum Gasteiger partial charge on any atom is -0.351 e. The van der Waals surface area contributed by atoms with Gasteiger partial charge in [0.25, 0.3) is 0 Å². The number of halogens is 3. The normalized spacial score (nSPS) is 16.9. The number of rotatable bonds is 5. The maximum absolute atomic E-state index is 13.0. The second kappa shape index (κ2) is 8.65. The van der Waals surface area contributed by atoms with Gasteiger partial charge in [-0.1, -0.05) is 23.2 Å². The van der Waals surface area contributed by atoms with Crippen molar-refractivity contribution in [2.45, 2.75) is 44.6 Å². The Kier molecular flexibility index (Phi) is 6.38. The molecule has 0 radical (unpaired) electrons. The molecule has 30 heavy (non-hydrogen) atoms. The third-order valence-corrected chi connectivity index (χ3v) is 5.55. The van der Waals surface area contributed by atoms with Gasteiger partial charge in [0.2, 0.25) is 17.7 Å². The molecule has 1 saturated heterocycles. The van der Waals surface area contributed by atoms with E-state index in [9.17, 15) is 18.8 Å². The van der Waals surface area contributed by atoms with Crippen LogP contribution >= 0.6 is 23.2 Å². The van der Waals surface area contributed by atoms with E-state index in [-0.39, 0.29) is 40.6 Å². The zero-order chi connectivity index (χ0) is 22.1. The van der Waals surface area contributed by atoms with Gasteiger partial charge in [-0.25, -0.2) is 14.4 Å². The highest BCUT2D eigenvalue weighted by Gasteiger charge is 2.33. The lowest BCUT2D eigenvalue weighted by Crippen LogP contribution is -2.41. The Bertz CT molecular complexity index is 989. The average Bonchev–Trinajstić information content (AvgIpc) is 2.67. The van der Waals surface area contributed by atoms with E-state index in [1.165, 1.54) is 0 Å². The van der Waals surface area contributed by atoms with Crippen LogP contribution in [0.2, 0.25) is 10.0 Å². The minimum atomic E-state index is -1.09. The standard InChI is InChI=1S/C20H19Cl2FN4O3/c1-20(2,18-24-8-11(23)9-25-18)19(30)26-7-10-5-13(21)16(14(22)6-10)12-3-4-15(28)27-17(12)29/h5-6,8-9,12H,3-4,7H2,1-2H3,(H,26,30)(H,27,28,29). The zero-order valence-corrected chi connectivity index (χ0v) is 17.8. The van der Waals surface area contributed by atoms with Gasteiger partial charge in [-0.3, -0.25) is 19.7 Å². The maximum atomic E-state index is 13.0. The topological polar surface area (TPSA) is 101 Å². The molecule has 1 aromatic carbocycles. The van der Waals surface area contributed by atoms with Gasteiger partial charge >= 0.3 is 0 Å². The van der Waals surface area contributed by atoms with E-state index < -0.39 is 23.1 Å². The summed E-state index contributed by atoms with van der Waals surface area (Å²) in [5.74, 6) is -2.13. The zero-order valence-electron chi connectivity index (χ0n) is 16.3. The Morgan fingerprint density at radius 1 is 1.23 bits per heavy atom. The first kappa shape index (κ1) is 22.1. The van der Waals surface area contributed by atoms with Gasteiger partial charge in [-0.15, -0.1) is 0 Å². The Hall–Kier alpha value is -2.58. The lowest BCUT2D eigenvalue weighted by molar-refractivity contribution is -0.134. The van der Waals surface area contributed by atoms with Gasteiger partial charge in [0.05, 0.1) is 18.3 Å². The Morgan fingerprint density at radius 3 is 2.40 bits per heavy atom. The molecule has 1 unspecified atom stereocenters. The number of hydrogen-bond acceptors (Lipinski definition) is 5. The van der Waals surface area contributed by atoms with Crippen LogP contribution in [-0.4, -0.2) is 27.7 Å². The first-order chi connectivity index (χ1) is 14.1. The monoisotopic (exact) mass is 452 g/mol. The molecular weight excluding hydrogens is 434 g/mol. The molecule has 10 heteroatoms. The first-order valence-electron chi connectivity index (χ1n) is 9.17. The highest BCUT2D eigenvalue weighted by atomic mass is 35.5. The van der Waals surface area contributed by atoms with E-state index in [1.807, 2.05) is 0 Å². The SMILES string of the molecule is CC(C)(C(=O)NCc1cc(Cl)c(C2CCC(=O)NC2=O)c(Cl)c1)c1ncc(F)cn1. The van der Waals surface area contributed by atoms with E-state index in [4.69, 9.17) is 23.2 Å². The molecule has 158 valence electrons. The number of piperidine rings is 1. The van der Waals surface area contributed by atoms with Gasteiger partial charge in [-0.05, 0) is 38.0 Å². The molecule has 1 aliphatic rings. The molecule has 3 rings (SSSR count). The number of nitrogens with zero attached hydrogens (tertiary/aromatic N) is 2. The summed E-state index contributed by atoms with van der Waals surface area (Å²) in [5, 5.41) is 5.61. The number of aromatic nitrogens is 2. The van der Waals surface area contributed by atoms with E-state index in [2.05, 4.69) is 20.6 Å². The van der Waals surface area contributed by atoms with E-state index in [0.29, 0.717) is 17.5 Å². The van der Waals surface area contributed by atoms with Crippen molar-refractivity contribution in [3.8, 4) is 0 Å². The summed E-state index contributed by atoms with van der Waals surface area (Å²) < 4.78 is 13.0. The highest BCUT2D eigenvalue weighted by molar-refractivity contribution is 6.36. The Morgan fingerprint density at radius 2 is 1.83 bits per heavy atom. The van der Waals surface area contributed by atoms with Gasteiger partial charge in [-0.2, -0.15) is 0 Å². The van der Waals surface area contributed by atoms with Crippen LogP contribution in [0.3, 0.4) is 0 Å². The fourth-order valence-electron chi connectivity index (χ4n) is 3.18. The van der Waals surface area contributed by atoms with Crippen molar-refractivity contribution < 1.29 is 18.8 Å². The molecule has 3 amide bonds. The fourth-order valence-corrected chi connectivity index (χ4v) is 3.98. The third-order valence-electron chi connectivity index (χ3n) is 4.93.